The molecule has 0 N–H and O–H groups in total. The fraction of sp³-hybridized carbons (Fsp3) is 0.522. The summed E-state index contributed by atoms with van der Waals surface area (Å²) in [6, 6.07) is 9.84. The van der Waals surface area contributed by atoms with Crippen LogP contribution in [0.4, 0.5) is 0 Å². The number of rotatable bonds is 8. The first-order valence-corrected chi connectivity index (χ1v) is 11.8. The largest absolute Gasteiger partial charge is 0.494 e. The Morgan fingerprint density at radius 2 is 1.90 bits per heavy atom. The molecule has 1 saturated carbocycles. The smallest absolute Gasteiger partial charge is 0.275 e. The van der Waals surface area contributed by atoms with Crippen LogP contribution in [0.3, 0.4) is 0 Å². The Kier molecular flexibility index (Phi) is 6.79. The van der Waals surface area contributed by atoms with Crippen LogP contribution in [0.25, 0.3) is 4.96 Å². The lowest BCUT2D eigenvalue weighted by atomic mass is 9.90. The number of benzene rings is 1. The number of hydrogen-bond donors (Lipinski definition) is 0. The molecule has 0 saturated heterocycles. The van der Waals surface area contributed by atoms with Crippen molar-refractivity contribution in [3.8, 4) is 5.75 Å². The van der Waals surface area contributed by atoms with Gasteiger partial charge in [0.05, 0.1) is 12.3 Å². The first-order chi connectivity index (χ1) is 14.7. The highest BCUT2D eigenvalue weighted by molar-refractivity contribution is 7.16. The van der Waals surface area contributed by atoms with Crippen molar-refractivity contribution in [3.05, 3.63) is 57.0 Å². The molecule has 6 nitrogen and oxygen atoms in total. The third-order valence-electron chi connectivity index (χ3n) is 5.74. The molecule has 30 heavy (non-hydrogen) atoms. The van der Waals surface area contributed by atoms with Crippen LogP contribution in [0, 0.1) is 0 Å². The van der Waals surface area contributed by atoms with Gasteiger partial charge in [0.15, 0.2) is 0 Å². The standard InChI is InChI=1S/C23H30N4O2S/c1-3-26(15-17-10-12-20(13-11-17)29-4-2)16-19-14-21(28)27-23(24-19)30-22(25-27)18-8-6-5-7-9-18/h10-14,18H,3-9,15-16H2,1-2H3. The number of hydrogen-bond acceptors (Lipinski definition) is 6. The van der Waals surface area contributed by atoms with Gasteiger partial charge >= 0.3 is 0 Å². The second kappa shape index (κ2) is 9.71. The molecule has 1 aliphatic carbocycles. The lowest BCUT2D eigenvalue weighted by Crippen LogP contribution is -2.25. The normalized spacial score (nSPS) is 15.2. The van der Waals surface area contributed by atoms with E-state index in [1.165, 1.54) is 42.2 Å². The summed E-state index contributed by atoms with van der Waals surface area (Å²) in [5.41, 5.74) is 1.95. The Balaban J connectivity index is 1.49. The Morgan fingerprint density at radius 3 is 2.60 bits per heavy atom. The lowest BCUT2D eigenvalue weighted by molar-refractivity contribution is 0.268. The van der Waals surface area contributed by atoms with Crippen molar-refractivity contribution in [1.82, 2.24) is 19.5 Å². The molecule has 2 aromatic heterocycles. The third kappa shape index (κ3) is 4.90. The van der Waals surface area contributed by atoms with Gasteiger partial charge in [0.25, 0.3) is 5.56 Å². The van der Waals surface area contributed by atoms with E-state index in [2.05, 4.69) is 29.1 Å². The van der Waals surface area contributed by atoms with Crippen LogP contribution in [0.5, 0.6) is 5.75 Å². The zero-order chi connectivity index (χ0) is 20.9. The van der Waals surface area contributed by atoms with Gasteiger partial charge in [-0.25, -0.2) is 4.98 Å². The molecule has 1 fully saturated rings. The maximum Gasteiger partial charge on any atom is 0.275 e. The molecule has 0 unspecified atom stereocenters. The summed E-state index contributed by atoms with van der Waals surface area (Å²) in [5.74, 6) is 1.38. The first kappa shape index (κ1) is 21.0. The molecule has 2 heterocycles. The van der Waals surface area contributed by atoms with E-state index in [1.54, 1.807) is 17.4 Å². The maximum absolute atomic E-state index is 12.7. The predicted molar refractivity (Wildman–Crippen MR) is 120 cm³/mol. The Morgan fingerprint density at radius 1 is 1.13 bits per heavy atom. The van der Waals surface area contributed by atoms with E-state index in [-0.39, 0.29) is 5.56 Å². The summed E-state index contributed by atoms with van der Waals surface area (Å²) in [6.45, 7) is 7.12. The summed E-state index contributed by atoms with van der Waals surface area (Å²) in [6.07, 6.45) is 6.17. The molecule has 1 aliphatic rings. The van der Waals surface area contributed by atoms with Gasteiger partial charge in [-0.15, -0.1) is 0 Å². The van der Waals surface area contributed by atoms with Crippen LogP contribution in [0.2, 0.25) is 0 Å². The van der Waals surface area contributed by atoms with Crippen LogP contribution < -0.4 is 10.3 Å². The number of ether oxygens (including phenoxy) is 1. The molecule has 3 aromatic rings. The van der Waals surface area contributed by atoms with Gasteiger partial charge in [0.2, 0.25) is 4.96 Å². The van der Waals surface area contributed by atoms with Crippen LogP contribution >= 0.6 is 11.3 Å². The van der Waals surface area contributed by atoms with Gasteiger partial charge in [-0.3, -0.25) is 9.69 Å². The van der Waals surface area contributed by atoms with Crippen molar-refractivity contribution >= 4 is 16.3 Å². The molecular weight excluding hydrogens is 396 g/mol. The topological polar surface area (TPSA) is 59.7 Å². The SMILES string of the molecule is CCOc1ccc(CN(CC)Cc2cc(=O)n3nc(C4CCCCC4)sc3n2)cc1. The maximum atomic E-state index is 12.7. The van der Waals surface area contributed by atoms with Gasteiger partial charge < -0.3 is 4.74 Å². The molecule has 0 bridgehead atoms. The second-order valence-corrected chi connectivity index (χ2v) is 8.92. The van der Waals surface area contributed by atoms with E-state index in [0.29, 0.717) is 19.1 Å². The van der Waals surface area contributed by atoms with Crippen molar-refractivity contribution < 1.29 is 4.74 Å². The Hall–Kier alpha value is -2.25. The van der Waals surface area contributed by atoms with E-state index < -0.39 is 0 Å². The van der Waals surface area contributed by atoms with E-state index in [1.807, 2.05) is 19.1 Å². The van der Waals surface area contributed by atoms with Crippen molar-refractivity contribution in [2.45, 2.75) is 65.0 Å². The van der Waals surface area contributed by atoms with Gasteiger partial charge in [0, 0.05) is 25.1 Å². The molecule has 0 amide bonds. The fourth-order valence-corrected chi connectivity index (χ4v) is 5.18. The van der Waals surface area contributed by atoms with Crippen LogP contribution in [0.1, 0.15) is 68.1 Å². The highest BCUT2D eigenvalue weighted by Gasteiger charge is 2.21. The van der Waals surface area contributed by atoms with Crippen LogP contribution in [-0.2, 0) is 13.1 Å². The average Bonchev–Trinajstić information content (AvgIpc) is 3.20. The van der Waals surface area contributed by atoms with E-state index >= 15 is 0 Å². The highest BCUT2D eigenvalue weighted by atomic mass is 32.1. The van der Waals surface area contributed by atoms with Crippen molar-refractivity contribution in [2.24, 2.45) is 0 Å². The van der Waals surface area contributed by atoms with Crippen LogP contribution in [-0.4, -0.2) is 32.6 Å². The fourth-order valence-electron chi connectivity index (χ4n) is 4.09. The lowest BCUT2D eigenvalue weighted by Gasteiger charge is -2.20. The molecule has 160 valence electrons. The molecule has 4 rings (SSSR count). The molecule has 0 spiro atoms. The van der Waals surface area contributed by atoms with Crippen molar-refractivity contribution in [1.29, 1.82) is 0 Å². The number of nitrogens with zero attached hydrogens (tertiary/aromatic N) is 4. The van der Waals surface area contributed by atoms with E-state index in [4.69, 9.17) is 9.72 Å². The van der Waals surface area contributed by atoms with E-state index in [9.17, 15) is 4.79 Å². The zero-order valence-electron chi connectivity index (χ0n) is 17.8. The molecule has 0 aliphatic heterocycles. The molecule has 1 aromatic carbocycles. The quantitative estimate of drug-likeness (QED) is 0.526. The molecule has 0 radical (unpaired) electrons. The zero-order valence-corrected chi connectivity index (χ0v) is 18.7. The van der Waals surface area contributed by atoms with Gasteiger partial charge in [0.1, 0.15) is 10.8 Å². The van der Waals surface area contributed by atoms with Crippen molar-refractivity contribution in [2.75, 3.05) is 13.2 Å². The molecule has 7 heteroatoms. The summed E-state index contributed by atoms with van der Waals surface area (Å²) in [4.78, 5) is 20.4. The summed E-state index contributed by atoms with van der Waals surface area (Å²) in [7, 11) is 0. The highest BCUT2D eigenvalue weighted by Crippen LogP contribution is 2.34. The third-order valence-corrected chi connectivity index (χ3v) is 6.81. The predicted octanol–water partition coefficient (Wildman–Crippen LogP) is 4.62. The summed E-state index contributed by atoms with van der Waals surface area (Å²) in [5, 5.41) is 5.67. The summed E-state index contributed by atoms with van der Waals surface area (Å²) >= 11 is 1.59. The minimum atomic E-state index is -0.0783. The number of fused-ring (bicyclic) bond motifs is 1. The monoisotopic (exact) mass is 426 g/mol. The van der Waals surface area contributed by atoms with Crippen LogP contribution in [0.15, 0.2) is 35.1 Å². The van der Waals surface area contributed by atoms with E-state index in [0.717, 1.165) is 34.5 Å². The minimum absolute atomic E-state index is 0.0783. The van der Waals surface area contributed by atoms with Gasteiger partial charge in [-0.05, 0) is 44.0 Å². The average molecular weight is 427 g/mol. The Bertz CT molecular complexity index is 1020. The second-order valence-electron chi connectivity index (χ2n) is 7.94. The Labute approximate surface area is 181 Å². The minimum Gasteiger partial charge on any atom is -0.494 e. The van der Waals surface area contributed by atoms with Crippen molar-refractivity contribution in [3.63, 3.8) is 0 Å². The molecule has 0 atom stereocenters. The summed E-state index contributed by atoms with van der Waals surface area (Å²) < 4.78 is 7.01. The first-order valence-electron chi connectivity index (χ1n) is 11.0. The molecular formula is C23H30N4O2S. The number of aromatic nitrogens is 3. The van der Waals surface area contributed by atoms with Gasteiger partial charge in [-0.1, -0.05) is 49.7 Å². The van der Waals surface area contributed by atoms with Gasteiger partial charge in [-0.2, -0.15) is 9.61 Å².